The summed E-state index contributed by atoms with van der Waals surface area (Å²) in [5.74, 6) is 2.73. The molecule has 0 amide bonds. The summed E-state index contributed by atoms with van der Waals surface area (Å²) in [5.41, 5.74) is 2.81. The van der Waals surface area contributed by atoms with E-state index < -0.39 is 0 Å². The molecule has 1 unspecified atom stereocenters. The Morgan fingerprint density at radius 2 is 1.59 bits per heavy atom. The molecule has 0 aliphatic rings. The van der Waals surface area contributed by atoms with Gasteiger partial charge < -0.3 is 4.42 Å². The van der Waals surface area contributed by atoms with Gasteiger partial charge in [0.25, 0.3) is 5.22 Å². The van der Waals surface area contributed by atoms with Crippen molar-refractivity contribution >= 4 is 17.5 Å². The predicted molar refractivity (Wildman–Crippen MR) is 121 cm³/mol. The number of oxazole rings is 1. The first-order valence-corrected chi connectivity index (χ1v) is 11.3. The first-order chi connectivity index (χ1) is 14.0. The predicted octanol–water partition coefficient (Wildman–Crippen LogP) is 7.13. The first kappa shape index (κ1) is 21.4. The lowest BCUT2D eigenvalue weighted by molar-refractivity contribution is -0.116. The summed E-state index contributed by atoms with van der Waals surface area (Å²) in [6.45, 7) is 6.73. The highest BCUT2D eigenvalue weighted by atomic mass is 32.2. The van der Waals surface area contributed by atoms with Crippen molar-refractivity contribution < 1.29 is 9.21 Å². The average molecular weight is 408 g/mol. The molecule has 3 aromatic rings. The van der Waals surface area contributed by atoms with Gasteiger partial charge in [0.05, 0.1) is 5.75 Å². The molecule has 4 heteroatoms. The molecule has 0 spiro atoms. The van der Waals surface area contributed by atoms with E-state index in [1.165, 1.54) is 11.8 Å². The maximum atomic E-state index is 12.3. The molecule has 152 valence electrons. The van der Waals surface area contributed by atoms with Crippen LogP contribution in [0.15, 0.2) is 70.3 Å². The van der Waals surface area contributed by atoms with Crippen LogP contribution in [0.3, 0.4) is 0 Å². The SMILES string of the molecule is CC(C)C(C)CCCC(=O)CSc1nc(-c2ccccc2)c(-c2ccccc2)o1. The van der Waals surface area contributed by atoms with Gasteiger partial charge in [0, 0.05) is 17.5 Å². The van der Waals surface area contributed by atoms with Gasteiger partial charge >= 0.3 is 0 Å². The second-order valence-electron chi connectivity index (χ2n) is 7.83. The van der Waals surface area contributed by atoms with Crippen LogP contribution in [-0.2, 0) is 4.79 Å². The summed E-state index contributed by atoms with van der Waals surface area (Å²) in [4.78, 5) is 17.0. The van der Waals surface area contributed by atoms with Gasteiger partial charge in [0.1, 0.15) is 11.5 Å². The van der Waals surface area contributed by atoms with Crippen molar-refractivity contribution in [3.05, 3.63) is 60.7 Å². The molecule has 0 bridgehead atoms. The highest BCUT2D eigenvalue weighted by molar-refractivity contribution is 7.99. The number of ketones is 1. The van der Waals surface area contributed by atoms with E-state index in [0.29, 0.717) is 29.2 Å². The lowest BCUT2D eigenvalue weighted by Crippen LogP contribution is -2.06. The van der Waals surface area contributed by atoms with Crippen LogP contribution in [-0.4, -0.2) is 16.5 Å². The maximum absolute atomic E-state index is 12.3. The van der Waals surface area contributed by atoms with E-state index in [9.17, 15) is 4.79 Å². The fourth-order valence-corrected chi connectivity index (χ4v) is 3.83. The smallest absolute Gasteiger partial charge is 0.257 e. The van der Waals surface area contributed by atoms with E-state index in [-0.39, 0.29) is 5.78 Å². The Bertz CT molecular complexity index is 846. The number of carbonyl (C=O) groups excluding carboxylic acids is 1. The minimum absolute atomic E-state index is 0.256. The van der Waals surface area contributed by atoms with Gasteiger partial charge in [-0.1, -0.05) is 99.6 Å². The van der Waals surface area contributed by atoms with Gasteiger partial charge in [-0.3, -0.25) is 4.79 Å². The molecule has 1 heterocycles. The van der Waals surface area contributed by atoms with Crippen LogP contribution in [0.4, 0.5) is 0 Å². The second-order valence-corrected chi connectivity index (χ2v) is 8.76. The molecule has 0 aliphatic heterocycles. The largest absolute Gasteiger partial charge is 0.431 e. The Hall–Kier alpha value is -2.33. The van der Waals surface area contributed by atoms with Crippen LogP contribution in [0, 0.1) is 11.8 Å². The highest BCUT2D eigenvalue weighted by Gasteiger charge is 2.18. The minimum Gasteiger partial charge on any atom is -0.431 e. The van der Waals surface area contributed by atoms with E-state index in [4.69, 9.17) is 9.40 Å². The third-order valence-electron chi connectivity index (χ3n) is 5.30. The normalized spacial score (nSPS) is 12.3. The summed E-state index contributed by atoms with van der Waals surface area (Å²) in [5, 5.41) is 0.548. The van der Waals surface area contributed by atoms with E-state index in [2.05, 4.69) is 20.8 Å². The van der Waals surface area contributed by atoms with Crippen LogP contribution in [0.2, 0.25) is 0 Å². The number of thioether (sulfide) groups is 1. The molecule has 0 saturated carbocycles. The van der Waals surface area contributed by atoms with Crippen LogP contribution in [0.25, 0.3) is 22.6 Å². The van der Waals surface area contributed by atoms with Gasteiger partial charge in [0.2, 0.25) is 0 Å². The minimum atomic E-state index is 0.256. The molecule has 1 atom stereocenters. The van der Waals surface area contributed by atoms with Gasteiger partial charge in [-0.05, 0) is 18.3 Å². The summed E-state index contributed by atoms with van der Waals surface area (Å²) in [6.07, 6.45) is 2.68. The Morgan fingerprint density at radius 3 is 2.21 bits per heavy atom. The standard InChI is InChI=1S/C25H29NO2S/c1-18(2)19(3)11-10-16-22(27)17-29-25-26-23(20-12-6-4-7-13-20)24(28-25)21-14-8-5-9-15-21/h4-9,12-15,18-19H,10-11,16-17H2,1-3H3. The lowest BCUT2D eigenvalue weighted by Gasteiger charge is -2.14. The highest BCUT2D eigenvalue weighted by Crippen LogP contribution is 2.35. The molecule has 0 radical (unpaired) electrons. The number of aromatic nitrogens is 1. The third-order valence-corrected chi connectivity index (χ3v) is 6.19. The summed E-state index contributed by atoms with van der Waals surface area (Å²) in [6, 6.07) is 20.0. The van der Waals surface area contributed by atoms with Crippen molar-refractivity contribution in [2.24, 2.45) is 11.8 Å². The Balaban J connectivity index is 1.67. The van der Waals surface area contributed by atoms with Crippen molar-refractivity contribution in [3.8, 4) is 22.6 Å². The number of hydrogen-bond acceptors (Lipinski definition) is 4. The Kier molecular flexibility index (Phi) is 7.70. The number of Topliss-reactive ketones (excluding diaryl/α,β-unsaturated/α-hetero) is 1. The van der Waals surface area contributed by atoms with Crippen LogP contribution >= 0.6 is 11.8 Å². The van der Waals surface area contributed by atoms with E-state index in [0.717, 1.165) is 35.4 Å². The van der Waals surface area contributed by atoms with Crippen LogP contribution in [0.5, 0.6) is 0 Å². The molecule has 1 aromatic heterocycles. The fraction of sp³-hybridized carbons (Fsp3) is 0.360. The van der Waals surface area contributed by atoms with Crippen molar-refractivity contribution in [1.82, 2.24) is 4.98 Å². The Morgan fingerprint density at radius 1 is 0.966 bits per heavy atom. The Labute approximate surface area is 177 Å². The molecular weight excluding hydrogens is 378 g/mol. The summed E-state index contributed by atoms with van der Waals surface area (Å²) >= 11 is 1.39. The number of benzene rings is 2. The quantitative estimate of drug-likeness (QED) is 0.335. The molecule has 0 N–H and O–H groups in total. The molecular formula is C25H29NO2S. The number of carbonyl (C=O) groups is 1. The summed E-state index contributed by atoms with van der Waals surface area (Å²) in [7, 11) is 0. The van der Waals surface area contributed by atoms with E-state index in [1.807, 2.05) is 60.7 Å². The molecule has 2 aromatic carbocycles. The zero-order valence-electron chi connectivity index (χ0n) is 17.4. The lowest BCUT2D eigenvalue weighted by atomic mass is 9.92. The second kappa shape index (κ2) is 10.4. The van der Waals surface area contributed by atoms with Gasteiger partial charge in [-0.2, -0.15) is 0 Å². The van der Waals surface area contributed by atoms with Crippen molar-refractivity contribution in [2.75, 3.05) is 5.75 Å². The van der Waals surface area contributed by atoms with Crippen molar-refractivity contribution in [3.63, 3.8) is 0 Å². The first-order valence-electron chi connectivity index (χ1n) is 10.3. The maximum Gasteiger partial charge on any atom is 0.257 e. The molecule has 0 fully saturated rings. The van der Waals surface area contributed by atoms with Crippen molar-refractivity contribution in [1.29, 1.82) is 0 Å². The summed E-state index contributed by atoms with van der Waals surface area (Å²) < 4.78 is 6.08. The average Bonchev–Trinajstić information content (AvgIpc) is 3.18. The van der Waals surface area contributed by atoms with Crippen LogP contribution < -0.4 is 0 Å². The molecule has 0 aliphatic carbocycles. The van der Waals surface area contributed by atoms with E-state index >= 15 is 0 Å². The molecule has 29 heavy (non-hydrogen) atoms. The third kappa shape index (κ3) is 6.07. The number of rotatable bonds is 10. The molecule has 0 saturated heterocycles. The zero-order valence-corrected chi connectivity index (χ0v) is 18.2. The van der Waals surface area contributed by atoms with Crippen molar-refractivity contribution in [2.45, 2.75) is 45.3 Å². The van der Waals surface area contributed by atoms with Gasteiger partial charge in [-0.25, -0.2) is 4.98 Å². The molecule has 3 rings (SSSR count). The van der Waals surface area contributed by atoms with Crippen LogP contribution in [0.1, 0.15) is 40.0 Å². The number of nitrogens with zero attached hydrogens (tertiary/aromatic N) is 1. The monoisotopic (exact) mass is 407 g/mol. The topological polar surface area (TPSA) is 43.1 Å². The number of hydrogen-bond donors (Lipinski definition) is 0. The van der Waals surface area contributed by atoms with Gasteiger partial charge in [0.15, 0.2) is 5.76 Å². The fourth-order valence-electron chi connectivity index (χ4n) is 3.11. The zero-order chi connectivity index (χ0) is 20.6. The molecule has 3 nitrogen and oxygen atoms in total. The van der Waals surface area contributed by atoms with E-state index in [1.54, 1.807) is 0 Å². The van der Waals surface area contributed by atoms with Gasteiger partial charge in [-0.15, -0.1) is 0 Å².